The summed E-state index contributed by atoms with van der Waals surface area (Å²) in [6.45, 7) is 3.21. The van der Waals surface area contributed by atoms with Gasteiger partial charge in [-0.2, -0.15) is 0 Å². The quantitative estimate of drug-likeness (QED) is 0.696. The average molecular weight is 432 g/mol. The summed E-state index contributed by atoms with van der Waals surface area (Å²) in [4.78, 5) is 16.8. The Morgan fingerprint density at radius 1 is 1.27 bits per heavy atom. The van der Waals surface area contributed by atoms with Crippen molar-refractivity contribution in [2.45, 2.75) is 25.4 Å². The molecule has 0 spiro atoms. The first-order valence-corrected chi connectivity index (χ1v) is 10.9. The summed E-state index contributed by atoms with van der Waals surface area (Å²) >= 11 is 6.42. The number of anilines is 1. The number of aromatic nitrogens is 1. The molecule has 1 aromatic carbocycles. The number of nitrogens with zero attached hydrogens (tertiary/aromatic N) is 1. The Morgan fingerprint density at radius 3 is 2.87 bits per heavy atom. The van der Waals surface area contributed by atoms with Crippen LogP contribution in [-0.2, 0) is 16.0 Å². The van der Waals surface area contributed by atoms with Crippen LogP contribution in [0.25, 0.3) is 11.1 Å². The number of carbonyl (C=O) groups excluding carboxylic acids is 1. The second-order valence-corrected chi connectivity index (χ2v) is 8.50. The van der Waals surface area contributed by atoms with Gasteiger partial charge in [0.1, 0.15) is 12.0 Å². The molecule has 3 heterocycles. The predicted molar refractivity (Wildman–Crippen MR) is 117 cm³/mol. The molecule has 0 saturated carbocycles. The van der Waals surface area contributed by atoms with Crippen LogP contribution >= 0.6 is 11.6 Å². The first-order valence-electron chi connectivity index (χ1n) is 10.5. The van der Waals surface area contributed by atoms with E-state index < -0.39 is 12.1 Å². The van der Waals surface area contributed by atoms with Crippen molar-refractivity contribution in [1.82, 2.24) is 10.3 Å². The van der Waals surface area contributed by atoms with E-state index in [4.69, 9.17) is 16.3 Å². The fourth-order valence-electron chi connectivity index (χ4n) is 4.08. The molecule has 160 valence electrons. The lowest BCUT2D eigenvalue weighted by atomic mass is 9.96. The highest BCUT2D eigenvalue weighted by Gasteiger charge is 2.32. The molecule has 2 aliphatic heterocycles. The molecule has 2 fully saturated rings. The largest absolute Gasteiger partial charge is 0.385 e. The van der Waals surface area contributed by atoms with E-state index in [1.807, 2.05) is 24.3 Å². The number of rotatable bonds is 7. The minimum atomic E-state index is -1.12. The minimum Gasteiger partial charge on any atom is -0.385 e. The Hall–Kier alpha value is -2.02. The van der Waals surface area contributed by atoms with Gasteiger partial charge >= 0.3 is 0 Å². The van der Waals surface area contributed by atoms with Gasteiger partial charge in [-0.1, -0.05) is 23.7 Å². The smallest absolute Gasteiger partial charge is 0.146 e. The Balaban J connectivity index is 1.46. The van der Waals surface area contributed by atoms with Crippen molar-refractivity contribution in [3.63, 3.8) is 0 Å². The lowest BCUT2D eigenvalue weighted by Crippen LogP contribution is -2.25. The molecule has 0 radical (unpaired) electrons. The zero-order valence-electron chi connectivity index (χ0n) is 16.9. The van der Waals surface area contributed by atoms with Gasteiger partial charge in [-0.05, 0) is 42.5 Å². The number of nitrogens with one attached hydrogen (secondary N) is 2. The lowest BCUT2D eigenvalue weighted by Gasteiger charge is -2.22. The van der Waals surface area contributed by atoms with Gasteiger partial charge in [-0.15, -0.1) is 0 Å². The van der Waals surface area contributed by atoms with Crippen molar-refractivity contribution in [2.75, 3.05) is 38.2 Å². The van der Waals surface area contributed by atoms with E-state index in [-0.39, 0.29) is 18.7 Å². The maximum Gasteiger partial charge on any atom is 0.146 e. The Bertz CT molecular complexity index is 889. The number of alkyl halides is 1. The molecule has 0 unspecified atom stereocenters. The monoisotopic (exact) mass is 431 g/mol. The number of carbonyl (C=O) groups is 1. The maximum absolute atomic E-state index is 13.9. The van der Waals surface area contributed by atoms with Gasteiger partial charge in [-0.3, -0.25) is 9.78 Å². The molecule has 7 heteroatoms. The van der Waals surface area contributed by atoms with Gasteiger partial charge in [0.05, 0.1) is 10.9 Å². The van der Waals surface area contributed by atoms with Crippen molar-refractivity contribution in [2.24, 2.45) is 11.8 Å². The van der Waals surface area contributed by atoms with Gasteiger partial charge in [0.2, 0.25) is 0 Å². The molecule has 0 amide bonds. The van der Waals surface area contributed by atoms with Crippen LogP contribution in [0.3, 0.4) is 0 Å². The molecule has 2 saturated heterocycles. The SMILES string of the molecule is O=C(Cc1cc(-c2cccc(NCC3CCOCC3)c2)c(Cl)cn1)[C@H]1CNC[C@H]1F. The maximum atomic E-state index is 13.9. The normalized spacial score (nSPS) is 22.2. The minimum absolute atomic E-state index is 0.110. The molecular formula is C23H27ClFN3O2. The van der Waals surface area contributed by atoms with Crippen molar-refractivity contribution in [1.29, 1.82) is 0 Å². The topological polar surface area (TPSA) is 63.2 Å². The van der Waals surface area contributed by atoms with Gasteiger partial charge in [0.15, 0.2) is 0 Å². The van der Waals surface area contributed by atoms with Gasteiger partial charge < -0.3 is 15.4 Å². The molecular weight excluding hydrogens is 405 g/mol. The highest BCUT2D eigenvalue weighted by molar-refractivity contribution is 6.33. The molecule has 0 aliphatic carbocycles. The number of Topliss-reactive ketones (excluding diaryl/α,β-unsaturated/α-hetero) is 1. The van der Waals surface area contributed by atoms with E-state index in [0.717, 1.165) is 49.4 Å². The highest BCUT2D eigenvalue weighted by Crippen LogP contribution is 2.30. The second-order valence-electron chi connectivity index (χ2n) is 8.10. The van der Waals surface area contributed by atoms with Crippen LogP contribution in [0.1, 0.15) is 18.5 Å². The molecule has 2 atom stereocenters. The van der Waals surface area contributed by atoms with Crippen LogP contribution in [0.5, 0.6) is 0 Å². The summed E-state index contributed by atoms with van der Waals surface area (Å²) < 4.78 is 19.3. The fraction of sp³-hybridized carbons (Fsp3) is 0.478. The summed E-state index contributed by atoms with van der Waals surface area (Å²) in [5.74, 6) is -0.0993. The summed E-state index contributed by atoms with van der Waals surface area (Å²) in [7, 11) is 0. The van der Waals surface area contributed by atoms with Gasteiger partial charge in [0, 0.05) is 62.4 Å². The fourth-order valence-corrected chi connectivity index (χ4v) is 4.29. The molecule has 0 bridgehead atoms. The van der Waals surface area contributed by atoms with Crippen molar-refractivity contribution in [3.8, 4) is 11.1 Å². The third-order valence-electron chi connectivity index (χ3n) is 5.93. The van der Waals surface area contributed by atoms with E-state index in [1.54, 1.807) is 6.20 Å². The van der Waals surface area contributed by atoms with E-state index in [2.05, 4.69) is 21.7 Å². The summed E-state index contributed by atoms with van der Waals surface area (Å²) in [6.07, 6.45) is 2.72. The van der Waals surface area contributed by atoms with E-state index in [9.17, 15) is 9.18 Å². The lowest BCUT2D eigenvalue weighted by molar-refractivity contribution is -0.123. The third-order valence-corrected chi connectivity index (χ3v) is 6.23. The molecule has 2 aromatic rings. The van der Waals surface area contributed by atoms with Crippen LogP contribution in [-0.4, -0.2) is 49.8 Å². The zero-order chi connectivity index (χ0) is 20.9. The Kier molecular flexibility index (Phi) is 6.97. The number of pyridine rings is 1. The summed E-state index contributed by atoms with van der Waals surface area (Å²) in [6, 6.07) is 9.92. The number of hydrogen-bond acceptors (Lipinski definition) is 5. The standard InChI is InChI=1S/C23H27ClFN3O2/c24-21-13-28-18(10-23(29)20-12-26-14-22(20)25)9-19(21)16-2-1-3-17(8-16)27-11-15-4-6-30-7-5-15/h1-3,8-9,13,15,20,22,26-27H,4-7,10-12,14H2/t20-,22+/m0/s1. The van der Waals surface area contributed by atoms with Crippen LogP contribution in [0, 0.1) is 11.8 Å². The molecule has 2 N–H and O–H groups in total. The Morgan fingerprint density at radius 2 is 2.10 bits per heavy atom. The number of benzene rings is 1. The van der Waals surface area contributed by atoms with E-state index in [1.165, 1.54) is 0 Å². The van der Waals surface area contributed by atoms with Crippen LogP contribution in [0.4, 0.5) is 10.1 Å². The number of ketones is 1. The van der Waals surface area contributed by atoms with E-state index in [0.29, 0.717) is 23.2 Å². The van der Waals surface area contributed by atoms with Crippen molar-refractivity contribution >= 4 is 23.1 Å². The summed E-state index contributed by atoms with van der Waals surface area (Å²) in [5.41, 5.74) is 3.42. The summed E-state index contributed by atoms with van der Waals surface area (Å²) in [5, 5.41) is 6.97. The zero-order valence-corrected chi connectivity index (χ0v) is 17.6. The van der Waals surface area contributed by atoms with Crippen molar-refractivity contribution < 1.29 is 13.9 Å². The Labute approximate surface area is 181 Å². The van der Waals surface area contributed by atoms with Gasteiger partial charge in [0.25, 0.3) is 0 Å². The average Bonchev–Trinajstić information content (AvgIpc) is 3.20. The second kappa shape index (κ2) is 9.86. The van der Waals surface area contributed by atoms with Crippen LogP contribution in [0.15, 0.2) is 36.5 Å². The molecule has 1 aromatic heterocycles. The van der Waals surface area contributed by atoms with Crippen molar-refractivity contribution in [3.05, 3.63) is 47.2 Å². The molecule has 4 rings (SSSR count). The number of halogens is 2. The third kappa shape index (κ3) is 5.17. The molecule has 30 heavy (non-hydrogen) atoms. The van der Waals surface area contributed by atoms with Crippen LogP contribution < -0.4 is 10.6 Å². The van der Waals surface area contributed by atoms with Gasteiger partial charge in [-0.25, -0.2) is 4.39 Å². The first-order chi connectivity index (χ1) is 14.6. The molecule has 5 nitrogen and oxygen atoms in total. The highest BCUT2D eigenvalue weighted by atomic mass is 35.5. The molecule has 2 aliphatic rings. The number of hydrogen-bond donors (Lipinski definition) is 2. The van der Waals surface area contributed by atoms with Crippen LogP contribution in [0.2, 0.25) is 5.02 Å². The number of ether oxygens (including phenoxy) is 1. The van der Waals surface area contributed by atoms with E-state index >= 15 is 0 Å². The first kappa shape index (κ1) is 21.2. The predicted octanol–water partition coefficient (Wildman–Crippen LogP) is 3.91.